The van der Waals surface area contributed by atoms with Gasteiger partial charge in [0.1, 0.15) is 0 Å². The number of hydrogen-bond acceptors (Lipinski definition) is 1. The number of unbranched alkanes of at least 4 members (excludes halogenated alkanes) is 6. The lowest BCUT2D eigenvalue weighted by molar-refractivity contribution is -0.123. The second kappa shape index (κ2) is 11.6. The standard InChI is InChI=1S/C16H33NO/c1-4-6-8-10-12-15(14(3)16(17)18)13-11-9-7-5-2/h14-15H,4-13H2,1-3H3,(H2,17,18)/t14-/m0/s1. The monoisotopic (exact) mass is 255 g/mol. The molecule has 2 heteroatoms. The molecule has 0 aromatic carbocycles. The van der Waals surface area contributed by atoms with Crippen molar-refractivity contribution in [1.82, 2.24) is 0 Å². The number of carbonyl (C=O) groups excluding carboxylic acids is 1. The van der Waals surface area contributed by atoms with Gasteiger partial charge in [-0.3, -0.25) is 4.79 Å². The molecule has 1 amide bonds. The molecule has 108 valence electrons. The van der Waals surface area contributed by atoms with Crippen molar-refractivity contribution < 1.29 is 4.79 Å². The lowest BCUT2D eigenvalue weighted by Gasteiger charge is -2.21. The van der Waals surface area contributed by atoms with Crippen molar-refractivity contribution >= 4 is 5.91 Å². The third kappa shape index (κ3) is 8.54. The largest absolute Gasteiger partial charge is 0.369 e. The highest BCUT2D eigenvalue weighted by Gasteiger charge is 2.20. The lowest BCUT2D eigenvalue weighted by Crippen LogP contribution is -2.27. The predicted molar refractivity (Wildman–Crippen MR) is 79.4 cm³/mol. The fraction of sp³-hybridized carbons (Fsp3) is 0.938. The molecule has 1 atom stereocenters. The molecule has 2 nitrogen and oxygen atoms in total. The summed E-state index contributed by atoms with van der Waals surface area (Å²) in [5.41, 5.74) is 5.46. The summed E-state index contributed by atoms with van der Waals surface area (Å²) in [5.74, 6) is 0.440. The Morgan fingerprint density at radius 3 is 1.67 bits per heavy atom. The van der Waals surface area contributed by atoms with Gasteiger partial charge in [0.25, 0.3) is 0 Å². The topological polar surface area (TPSA) is 43.1 Å². The van der Waals surface area contributed by atoms with Crippen molar-refractivity contribution in [3.63, 3.8) is 0 Å². The van der Waals surface area contributed by atoms with E-state index in [1.54, 1.807) is 0 Å². The van der Waals surface area contributed by atoms with Gasteiger partial charge in [-0.05, 0) is 18.8 Å². The first kappa shape index (κ1) is 17.5. The molecule has 0 aromatic heterocycles. The Balaban J connectivity index is 3.96. The van der Waals surface area contributed by atoms with E-state index in [9.17, 15) is 4.79 Å². The van der Waals surface area contributed by atoms with E-state index in [-0.39, 0.29) is 11.8 Å². The molecule has 0 heterocycles. The minimum absolute atomic E-state index is 0.0493. The lowest BCUT2D eigenvalue weighted by atomic mass is 9.84. The summed E-state index contributed by atoms with van der Waals surface area (Å²) in [6.45, 7) is 6.47. The maximum atomic E-state index is 11.3. The molecule has 0 aliphatic rings. The zero-order valence-electron chi connectivity index (χ0n) is 12.7. The van der Waals surface area contributed by atoms with Gasteiger partial charge in [-0.15, -0.1) is 0 Å². The molecule has 0 saturated heterocycles. The van der Waals surface area contributed by atoms with Crippen LogP contribution in [-0.4, -0.2) is 5.91 Å². The van der Waals surface area contributed by atoms with Crippen LogP contribution >= 0.6 is 0 Å². The molecule has 0 aliphatic carbocycles. The third-order valence-corrected chi connectivity index (χ3v) is 4.01. The highest BCUT2D eigenvalue weighted by molar-refractivity contribution is 5.76. The minimum atomic E-state index is -0.119. The summed E-state index contributed by atoms with van der Waals surface area (Å²) in [6, 6.07) is 0. The molecule has 0 rings (SSSR count). The van der Waals surface area contributed by atoms with Crippen LogP contribution in [0.5, 0.6) is 0 Å². The van der Waals surface area contributed by atoms with E-state index >= 15 is 0 Å². The summed E-state index contributed by atoms with van der Waals surface area (Å²) < 4.78 is 0. The van der Waals surface area contributed by atoms with E-state index < -0.39 is 0 Å². The van der Waals surface area contributed by atoms with Gasteiger partial charge in [0, 0.05) is 5.92 Å². The molecule has 0 radical (unpaired) electrons. The number of amides is 1. The Morgan fingerprint density at radius 1 is 0.889 bits per heavy atom. The van der Waals surface area contributed by atoms with E-state index in [4.69, 9.17) is 5.73 Å². The predicted octanol–water partition coefficient (Wildman–Crippen LogP) is 4.66. The zero-order chi connectivity index (χ0) is 13.8. The summed E-state index contributed by atoms with van der Waals surface area (Å²) in [4.78, 5) is 11.3. The SMILES string of the molecule is CCCCCCC(CCCCCC)[C@H](C)C(N)=O. The van der Waals surface area contributed by atoms with E-state index in [1.165, 1.54) is 64.2 Å². The van der Waals surface area contributed by atoms with Crippen molar-refractivity contribution in [2.75, 3.05) is 0 Å². The van der Waals surface area contributed by atoms with Crippen LogP contribution < -0.4 is 5.73 Å². The fourth-order valence-corrected chi connectivity index (χ4v) is 2.54. The van der Waals surface area contributed by atoms with Crippen molar-refractivity contribution in [2.45, 2.75) is 85.0 Å². The molecule has 0 bridgehead atoms. The van der Waals surface area contributed by atoms with Gasteiger partial charge < -0.3 is 5.73 Å². The Morgan fingerprint density at radius 2 is 1.33 bits per heavy atom. The maximum Gasteiger partial charge on any atom is 0.220 e. The molecule has 18 heavy (non-hydrogen) atoms. The normalized spacial score (nSPS) is 12.9. The Labute approximate surface area is 114 Å². The molecular weight excluding hydrogens is 222 g/mol. The highest BCUT2D eigenvalue weighted by atomic mass is 16.1. The fourth-order valence-electron chi connectivity index (χ4n) is 2.54. The van der Waals surface area contributed by atoms with Crippen LogP contribution in [0.4, 0.5) is 0 Å². The van der Waals surface area contributed by atoms with Crippen molar-refractivity contribution in [3.05, 3.63) is 0 Å². The molecule has 0 unspecified atom stereocenters. The third-order valence-electron chi connectivity index (χ3n) is 4.01. The van der Waals surface area contributed by atoms with Crippen LogP contribution in [0.25, 0.3) is 0 Å². The average molecular weight is 255 g/mol. The minimum Gasteiger partial charge on any atom is -0.369 e. The first-order chi connectivity index (χ1) is 8.63. The zero-order valence-corrected chi connectivity index (χ0v) is 12.7. The number of carbonyl (C=O) groups is 1. The smallest absolute Gasteiger partial charge is 0.220 e. The van der Waals surface area contributed by atoms with Crippen LogP contribution in [0, 0.1) is 11.8 Å². The van der Waals surface area contributed by atoms with Crippen LogP contribution in [0.2, 0.25) is 0 Å². The summed E-state index contributed by atoms with van der Waals surface area (Å²) in [5, 5.41) is 0. The summed E-state index contributed by atoms with van der Waals surface area (Å²) in [6.07, 6.45) is 12.6. The van der Waals surface area contributed by atoms with Crippen LogP contribution in [0.3, 0.4) is 0 Å². The molecule has 0 aromatic rings. The summed E-state index contributed by atoms with van der Waals surface area (Å²) >= 11 is 0. The van der Waals surface area contributed by atoms with E-state index in [1.807, 2.05) is 6.92 Å². The number of nitrogens with two attached hydrogens (primary N) is 1. The van der Waals surface area contributed by atoms with Gasteiger partial charge in [-0.25, -0.2) is 0 Å². The molecule has 2 N–H and O–H groups in total. The Bertz CT molecular complexity index is 191. The summed E-state index contributed by atoms with van der Waals surface area (Å²) in [7, 11) is 0. The second-order valence-corrected chi connectivity index (χ2v) is 5.65. The van der Waals surface area contributed by atoms with Crippen molar-refractivity contribution in [3.8, 4) is 0 Å². The molecule has 0 saturated carbocycles. The van der Waals surface area contributed by atoms with Gasteiger partial charge in [0.2, 0.25) is 5.91 Å². The highest BCUT2D eigenvalue weighted by Crippen LogP contribution is 2.25. The van der Waals surface area contributed by atoms with Crippen molar-refractivity contribution in [1.29, 1.82) is 0 Å². The maximum absolute atomic E-state index is 11.3. The first-order valence-electron chi connectivity index (χ1n) is 7.92. The van der Waals surface area contributed by atoms with Crippen LogP contribution in [0.15, 0.2) is 0 Å². The van der Waals surface area contributed by atoms with E-state index in [0.717, 1.165) is 0 Å². The second-order valence-electron chi connectivity index (χ2n) is 5.65. The molecule has 0 aliphatic heterocycles. The Kier molecular flexibility index (Phi) is 11.2. The number of primary amides is 1. The quantitative estimate of drug-likeness (QED) is 0.506. The number of hydrogen-bond donors (Lipinski definition) is 1. The van der Waals surface area contributed by atoms with E-state index in [0.29, 0.717) is 5.92 Å². The van der Waals surface area contributed by atoms with Gasteiger partial charge in [-0.2, -0.15) is 0 Å². The molecule has 0 spiro atoms. The van der Waals surface area contributed by atoms with Crippen LogP contribution in [0.1, 0.15) is 85.0 Å². The molecule has 0 fully saturated rings. The Hall–Kier alpha value is -0.530. The first-order valence-corrected chi connectivity index (χ1v) is 7.92. The average Bonchev–Trinajstić information content (AvgIpc) is 2.36. The van der Waals surface area contributed by atoms with Gasteiger partial charge in [0.05, 0.1) is 0 Å². The molecular formula is C16H33NO. The van der Waals surface area contributed by atoms with Gasteiger partial charge >= 0.3 is 0 Å². The van der Waals surface area contributed by atoms with Gasteiger partial charge in [0.15, 0.2) is 0 Å². The van der Waals surface area contributed by atoms with Crippen LogP contribution in [-0.2, 0) is 4.79 Å². The number of rotatable bonds is 12. The van der Waals surface area contributed by atoms with Crippen molar-refractivity contribution in [2.24, 2.45) is 17.6 Å². The van der Waals surface area contributed by atoms with E-state index in [2.05, 4.69) is 13.8 Å². The van der Waals surface area contributed by atoms with Gasteiger partial charge in [-0.1, -0.05) is 72.1 Å².